The molecule has 2 unspecified atom stereocenters. The highest BCUT2D eigenvalue weighted by molar-refractivity contribution is 5.91. The van der Waals surface area contributed by atoms with Crippen LogP contribution in [-0.4, -0.2) is 23.5 Å². The van der Waals surface area contributed by atoms with Gasteiger partial charge in [0.15, 0.2) is 0 Å². The summed E-state index contributed by atoms with van der Waals surface area (Å²) < 4.78 is 0. The number of aliphatic carboxylic acids is 1. The molecule has 0 aromatic carbocycles. The summed E-state index contributed by atoms with van der Waals surface area (Å²) in [5.41, 5.74) is -0.383. The van der Waals surface area contributed by atoms with Gasteiger partial charge >= 0.3 is 5.97 Å². The van der Waals surface area contributed by atoms with Crippen LogP contribution < -0.4 is 5.32 Å². The van der Waals surface area contributed by atoms with Crippen LogP contribution >= 0.6 is 0 Å². The molecule has 0 bridgehead atoms. The smallest absolute Gasteiger partial charge is 0.307 e. The van der Waals surface area contributed by atoms with Crippen molar-refractivity contribution in [1.29, 1.82) is 0 Å². The number of carboxylic acid groups (broad SMARTS) is 1. The largest absolute Gasteiger partial charge is 0.481 e. The zero-order chi connectivity index (χ0) is 12.6. The Morgan fingerprint density at radius 1 is 1.29 bits per heavy atom. The molecule has 2 aliphatic rings. The molecule has 2 atom stereocenters. The Balaban J connectivity index is 1.74. The minimum Gasteiger partial charge on any atom is -0.481 e. The van der Waals surface area contributed by atoms with Crippen molar-refractivity contribution in [3.8, 4) is 0 Å². The van der Waals surface area contributed by atoms with E-state index in [0.717, 1.165) is 12.3 Å². The van der Waals surface area contributed by atoms with E-state index in [1.807, 2.05) is 13.8 Å². The Bertz CT molecular complexity index is 334. The molecule has 0 spiro atoms. The predicted molar refractivity (Wildman–Crippen MR) is 63.4 cm³/mol. The molecule has 0 aliphatic heterocycles. The lowest BCUT2D eigenvalue weighted by atomic mass is 9.83. The number of hydrogen-bond donors (Lipinski definition) is 2. The van der Waals surface area contributed by atoms with Gasteiger partial charge in [0.25, 0.3) is 0 Å². The summed E-state index contributed by atoms with van der Waals surface area (Å²) in [6.45, 7) is 4.40. The lowest BCUT2D eigenvalue weighted by Crippen LogP contribution is -2.30. The van der Waals surface area contributed by atoms with Gasteiger partial charge in [-0.1, -0.05) is 33.1 Å². The number of carbonyl (C=O) groups excluding carboxylic acids is 1. The molecule has 0 saturated heterocycles. The molecule has 2 rings (SSSR count). The summed E-state index contributed by atoms with van der Waals surface area (Å²) in [4.78, 5) is 22.8. The van der Waals surface area contributed by atoms with Crippen LogP contribution in [0.1, 0.15) is 39.5 Å². The summed E-state index contributed by atoms with van der Waals surface area (Å²) in [5, 5.41) is 11.9. The Morgan fingerprint density at radius 2 is 1.94 bits per heavy atom. The standard InChI is InChI=1S/C13H21NO3/c1-13(2)9(10(13)12(16)17)11(15)14-7-6-8-4-3-5-8/h8-10H,3-7H2,1-2H3,(H,14,15)(H,16,17). The monoisotopic (exact) mass is 239 g/mol. The molecular formula is C13H21NO3. The number of rotatable bonds is 5. The van der Waals surface area contributed by atoms with Crippen molar-refractivity contribution in [3.05, 3.63) is 0 Å². The van der Waals surface area contributed by atoms with Crippen LogP contribution in [0.25, 0.3) is 0 Å². The number of hydrogen-bond acceptors (Lipinski definition) is 2. The fourth-order valence-electron chi connectivity index (χ4n) is 2.88. The second-order valence-corrected chi connectivity index (χ2v) is 5.99. The van der Waals surface area contributed by atoms with Gasteiger partial charge in [-0.15, -0.1) is 0 Å². The van der Waals surface area contributed by atoms with Crippen molar-refractivity contribution in [2.24, 2.45) is 23.2 Å². The van der Waals surface area contributed by atoms with Gasteiger partial charge in [-0.2, -0.15) is 0 Å². The zero-order valence-electron chi connectivity index (χ0n) is 10.5. The van der Waals surface area contributed by atoms with Crippen LogP contribution in [0.4, 0.5) is 0 Å². The quantitative estimate of drug-likeness (QED) is 0.766. The van der Waals surface area contributed by atoms with E-state index >= 15 is 0 Å². The molecule has 4 nitrogen and oxygen atoms in total. The highest BCUT2D eigenvalue weighted by atomic mass is 16.4. The molecular weight excluding hydrogens is 218 g/mol. The Morgan fingerprint density at radius 3 is 2.35 bits per heavy atom. The maximum atomic E-state index is 11.8. The minimum atomic E-state index is -0.853. The first kappa shape index (κ1) is 12.4. The molecule has 0 aromatic heterocycles. The third-order valence-electron chi connectivity index (χ3n) is 4.45. The van der Waals surface area contributed by atoms with E-state index in [0.29, 0.717) is 6.54 Å². The first-order valence-corrected chi connectivity index (χ1v) is 6.45. The second-order valence-electron chi connectivity index (χ2n) is 5.99. The lowest BCUT2D eigenvalue weighted by Gasteiger charge is -2.25. The van der Waals surface area contributed by atoms with Gasteiger partial charge in [-0.3, -0.25) is 9.59 Å². The van der Waals surface area contributed by atoms with Crippen LogP contribution in [0, 0.1) is 23.2 Å². The molecule has 1 amide bonds. The summed E-state index contributed by atoms with van der Waals surface area (Å²) in [5.74, 6) is -1.01. The molecule has 4 heteroatoms. The Kier molecular flexibility index (Phi) is 3.15. The molecule has 2 saturated carbocycles. The van der Waals surface area contributed by atoms with Crippen LogP contribution in [-0.2, 0) is 9.59 Å². The summed E-state index contributed by atoms with van der Waals surface area (Å²) in [6.07, 6.45) is 4.91. The third kappa shape index (κ3) is 2.31. The summed E-state index contributed by atoms with van der Waals surface area (Å²) in [7, 11) is 0. The fraction of sp³-hybridized carbons (Fsp3) is 0.846. The average Bonchev–Trinajstić information content (AvgIpc) is 2.73. The van der Waals surface area contributed by atoms with Crippen LogP contribution in [0.2, 0.25) is 0 Å². The number of nitrogens with one attached hydrogen (secondary N) is 1. The molecule has 0 aromatic rings. The van der Waals surface area contributed by atoms with Crippen molar-refractivity contribution in [2.75, 3.05) is 6.54 Å². The third-order valence-corrected chi connectivity index (χ3v) is 4.45. The SMILES string of the molecule is CC1(C)C(C(=O)O)C1C(=O)NCCC1CCC1. The van der Waals surface area contributed by atoms with E-state index in [4.69, 9.17) is 5.11 Å². The Hall–Kier alpha value is -1.06. The number of amides is 1. The first-order chi connectivity index (χ1) is 7.94. The normalized spacial score (nSPS) is 30.5. The molecule has 2 N–H and O–H groups in total. The number of carboxylic acids is 1. The molecule has 0 radical (unpaired) electrons. The van der Waals surface area contributed by atoms with E-state index in [1.54, 1.807) is 0 Å². The van der Waals surface area contributed by atoms with Crippen molar-refractivity contribution in [3.63, 3.8) is 0 Å². The maximum Gasteiger partial charge on any atom is 0.307 e. The topological polar surface area (TPSA) is 66.4 Å². The van der Waals surface area contributed by atoms with Crippen LogP contribution in [0.15, 0.2) is 0 Å². The summed E-state index contributed by atoms with van der Waals surface area (Å²) in [6, 6.07) is 0. The van der Waals surface area contributed by atoms with Crippen molar-refractivity contribution in [1.82, 2.24) is 5.32 Å². The van der Waals surface area contributed by atoms with E-state index in [9.17, 15) is 9.59 Å². The maximum absolute atomic E-state index is 11.8. The van der Waals surface area contributed by atoms with Crippen molar-refractivity contribution in [2.45, 2.75) is 39.5 Å². The van der Waals surface area contributed by atoms with E-state index in [2.05, 4.69) is 5.32 Å². The second kappa shape index (κ2) is 4.31. The Labute approximate surface area is 102 Å². The van der Waals surface area contributed by atoms with Gasteiger partial charge in [0.2, 0.25) is 5.91 Å². The fourth-order valence-corrected chi connectivity index (χ4v) is 2.88. The molecule has 17 heavy (non-hydrogen) atoms. The highest BCUT2D eigenvalue weighted by Crippen LogP contribution is 2.58. The van der Waals surface area contributed by atoms with Gasteiger partial charge in [0, 0.05) is 6.54 Å². The minimum absolute atomic E-state index is 0.0817. The predicted octanol–water partition coefficient (Wildman–Crippen LogP) is 1.65. The van der Waals surface area contributed by atoms with Gasteiger partial charge in [-0.25, -0.2) is 0 Å². The highest BCUT2D eigenvalue weighted by Gasteiger charge is 2.65. The van der Waals surface area contributed by atoms with Crippen LogP contribution in [0.3, 0.4) is 0 Å². The summed E-state index contributed by atoms with van der Waals surface area (Å²) >= 11 is 0. The van der Waals surface area contributed by atoms with Crippen LogP contribution in [0.5, 0.6) is 0 Å². The first-order valence-electron chi connectivity index (χ1n) is 6.45. The lowest BCUT2D eigenvalue weighted by molar-refractivity contribution is -0.140. The van der Waals surface area contributed by atoms with E-state index in [-0.39, 0.29) is 17.2 Å². The van der Waals surface area contributed by atoms with Gasteiger partial charge in [0.05, 0.1) is 11.8 Å². The average molecular weight is 239 g/mol. The molecule has 0 heterocycles. The van der Waals surface area contributed by atoms with E-state index < -0.39 is 11.9 Å². The van der Waals surface area contributed by atoms with Gasteiger partial charge in [0.1, 0.15) is 0 Å². The van der Waals surface area contributed by atoms with Gasteiger partial charge in [-0.05, 0) is 17.8 Å². The molecule has 2 aliphatic carbocycles. The van der Waals surface area contributed by atoms with Crippen molar-refractivity contribution < 1.29 is 14.7 Å². The number of carbonyl (C=O) groups is 2. The molecule has 2 fully saturated rings. The van der Waals surface area contributed by atoms with E-state index in [1.165, 1.54) is 19.3 Å². The zero-order valence-corrected chi connectivity index (χ0v) is 10.5. The molecule has 96 valence electrons. The van der Waals surface area contributed by atoms with Gasteiger partial charge < -0.3 is 10.4 Å². The van der Waals surface area contributed by atoms with Crippen molar-refractivity contribution >= 4 is 11.9 Å².